The minimum atomic E-state index is -2.11. The molecule has 53 valence electrons. The van der Waals surface area contributed by atoms with Gasteiger partial charge in [0.1, 0.15) is 0 Å². The Hall–Kier alpha value is 0.908. The molecule has 0 spiro atoms. The van der Waals surface area contributed by atoms with Gasteiger partial charge in [-0.1, -0.05) is 0 Å². The Bertz CT molecular complexity index is 95.8. The van der Waals surface area contributed by atoms with Crippen LogP contribution in [0.25, 0.3) is 0 Å². The molecule has 4 heteroatoms. The molecule has 9 heavy (non-hydrogen) atoms. The van der Waals surface area contributed by atoms with Crippen LogP contribution >= 0.6 is 28.3 Å². The minimum absolute atomic E-state index is 2.00. The van der Waals surface area contributed by atoms with E-state index in [1.807, 2.05) is 30.3 Å². The smallest absolute Gasteiger partial charge is 0.172 e. The summed E-state index contributed by atoms with van der Waals surface area (Å²) in [6.07, 6.45) is 0. The largest absolute Gasteiger partial charge is 0.214 e. The molecule has 0 fully saturated rings. The molecule has 0 saturated carbocycles. The van der Waals surface area contributed by atoms with Crippen molar-refractivity contribution in [1.82, 2.24) is 0 Å². The fourth-order valence-corrected chi connectivity index (χ4v) is 0.321. The van der Waals surface area contributed by atoms with Crippen molar-refractivity contribution in [3.8, 4) is 0 Å². The van der Waals surface area contributed by atoms with E-state index in [-0.39, 0.29) is 0 Å². The molecule has 1 aromatic rings. The summed E-state index contributed by atoms with van der Waals surface area (Å²) in [5, 5.41) is 0. The fraction of sp³-hybridized carbons (Fsp3) is 0. The average Bonchev–Trinajstić information content (AvgIpc) is 2.11. The summed E-state index contributed by atoms with van der Waals surface area (Å²) >= 11 is -2.11. The van der Waals surface area contributed by atoms with Crippen LogP contribution in [0.5, 0.6) is 0 Å². The van der Waals surface area contributed by atoms with Gasteiger partial charge in [-0.2, -0.15) is 18.2 Å². The Morgan fingerprint density at radius 2 is 1.33 bits per heavy atom. The van der Waals surface area contributed by atoms with Gasteiger partial charge in [0.15, 0.2) is 0 Å². The Balaban J connectivity index is 0.000000148. The zero-order valence-electron chi connectivity index (χ0n) is 4.43. The Morgan fingerprint density at radius 3 is 1.44 bits per heavy atom. The zero-order valence-corrected chi connectivity index (χ0v) is 9.63. The first-order valence-electron chi connectivity index (χ1n) is 2.13. The summed E-state index contributed by atoms with van der Waals surface area (Å²) in [5.74, 6) is 0. The average molecular weight is 355 g/mol. The summed E-state index contributed by atoms with van der Waals surface area (Å²) in [6, 6.07) is 10.0. The van der Waals surface area contributed by atoms with Gasteiger partial charge in [-0.15, -0.1) is 0 Å². The van der Waals surface area contributed by atoms with Crippen LogP contribution in [0.4, 0.5) is 0 Å². The van der Waals surface area contributed by atoms with Crippen molar-refractivity contribution in [3.63, 3.8) is 0 Å². The van der Waals surface area contributed by atoms with Crippen LogP contribution < -0.4 is 0 Å². The van der Waals surface area contributed by atoms with Crippen molar-refractivity contribution in [1.29, 1.82) is 0 Å². The van der Waals surface area contributed by atoms with Crippen LogP contribution in [-0.2, 0) is 14.2 Å². The standard InChI is InChI=1S/C5H5.3ClH.W/c1-2-4-5-3-1;;;;/h1-5H;3*1H;/q-1;;;;+3/p-3. The van der Waals surface area contributed by atoms with E-state index in [0.717, 1.165) is 0 Å². The maximum atomic E-state index is 5.00. The van der Waals surface area contributed by atoms with Gasteiger partial charge in [0.05, 0.1) is 0 Å². The second-order valence-electron chi connectivity index (χ2n) is 1.14. The van der Waals surface area contributed by atoms with E-state index in [9.17, 15) is 0 Å². The van der Waals surface area contributed by atoms with Crippen molar-refractivity contribution in [2.24, 2.45) is 0 Å². The SMILES string of the molecule is [Cl][W]([Cl])[Cl].c1cc[cH-]c1. The molecular formula is C5H5Cl3W-. The normalized spacial score (nSPS) is 8.44. The van der Waals surface area contributed by atoms with Gasteiger partial charge < -0.3 is 0 Å². The van der Waals surface area contributed by atoms with Crippen molar-refractivity contribution in [3.05, 3.63) is 30.3 Å². The topological polar surface area (TPSA) is 0 Å². The minimum Gasteiger partial charge on any atom is -0.214 e. The zero-order chi connectivity index (χ0) is 7.11. The van der Waals surface area contributed by atoms with Crippen molar-refractivity contribution < 1.29 is 14.2 Å². The molecule has 0 amide bonds. The summed E-state index contributed by atoms with van der Waals surface area (Å²) in [4.78, 5) is 0. The van der Waals surface area contributed by atoms with Crippen LogP contribution in [0, 0.1) is 0 Å². The van der Waals surface area contributed by atoms with Crippen LogP contribution in [-0.4, -0.2) is 0 Å². The molecule has 0 atom stereocenters. The van der Waals surface area contributed by atoms with E-state index >= 15 is 0 Å². The second-order valence-corrected chi connectivity index (χ2v) is 13.9. The molecule has 0 aliphatic carbocycles. The molecule has 1 rings (SSSR count). The first kappa shape index (κ1) is 9.91. The van der Waals surface area contributed by atoms with Crippen molar-refractivity contribution in [2.45, 2.75) is 0 Å². The van der Waals surface area contributed by atoms with Gasteiger partial charge >= 0.3 is 42.4 Å². The second kappa shape index (κ2) is 7.02. The van der Waals surface area contributed by atoms with Crippen LogP contribution in [0.1, 0.15) is 0 Å². The maximum Gasteiger partial charge on any atom is -0.172 e. The molecule has 0 saturated heterocycles. The third kappa shape index (κ3) is 12.2. The third-order valence-corrected chi connectivity index (χ3v) is 0.556. The number of halogens is 3. The van der Waals surface area contributed by atoms with Gasteiger partial charge in [0, 0.05) is 0 Å². The molecular weight excluding hydrogens is 350 g/mol. The molecule has 0 radical (unpaired) electrons. The first-order chi connectivity index (χ1) is 4.23. The van der Waals surface area contributed by atoms with Crippen LogP contribution in [0.15, 0.2) is 30.3 Å². The Morgan fingerprint density at radius 1 is 1.00 bits per heavy atom. The van der Waals surface area contributed by atoms with Gasteiger partial charge in [-0.3, -0.25) is 0 Å². The van der Waals surface area contributed by atoms with E-state index in [1.165, 1.54) is 0 Å². The van der Waals surface area contributed by atoms with Gasteiger partial charge in [0.25, 0.3) is 0 Å². The van der Waals surface area contributed by atoms with Gasteiger partial charge in [-0.05, 0) is 0 Å². The quantitative estimate of drug-likeness (QED) is 0.625. The molecule has 0 aliphatic rings. The third-order valence-electron chi connectivity index (χ3n) is 0.556. The summed E-state index contributed by atoms with van der Waals surface area (Å²) in [5.41, 5.74) is 0. The molecule has 0 unspecified atom stereocenters. The van der Waals surface area contributed by atoms with E-state index in [1.54, 1.807) is 0 Å². The molecule has 0 aromatic heterocycles. The first-order valence-corrected chi connectivity index (χ1v) is 13.0. The number of hydrogen-bond donors (Lipinski definition) is 0. The summed E-state index contributed by atoms with van der Waals surface area (Å²) < 4.78 is 0. The predicted molar refractivity (Wildman–Crippen MR) is 39.6 cm³/mol. The molecule has 0 N–H and O–H groups in total. The maximum absolute atomic E-state index is 5.00. The van der Waals surface area contributed by atoms with Gasteiger partial charge in [0.2, 0.25) is 0 Å². The Labute approximate surface area is 72.4 Å². The van der Waals surface area contributed by atoms with Crippen LogP contribution in [0.2, 0.25) is 0 Å². The predicted octanol–water partition coefficient (Wildman–Crippen LogP) is 3.47. The van der Waals surface area contributed by atoms with Crippen molar-refractivity contribution in [2.75, 3.05) is 0 Å². The number of hydrogen-bond acceptors (Lipinski definition) is 0. The van der Waals surface area contributed by atoms with E-state index in [0.29, 0.717) is 0 Å². The summed E-state index contributed by atoms with van der Waals surface area (Å²) in [6.45, 7) is 0. The number of rotatable bonds is 0. The molecule has 0 bridgehead atoms. The van der Waals surface area contributed by atoms with E-state index in [2.05, 4.69) is 0 Å². The van der Waals surface area contributed by atoms with Crippen molar-refractivity contribution >= 4 is 28.3 Å². The van der Waals surface area contributed by atoms with E-state index < -0.39 is 14.2 Å². The molecule has 0 aliphatic heterocycles. The molecule has 0 heterocycles. The van der Waals surface area contributed by atoms with E-state index in [4.69, 9.17) is 28.3 Å². The van der Waals surface area contributed by atoms with Gasteiger partial charge in [-0.25, -0.2) is 12.1 Å². The summed E-state index contributed by atoms with van der Waals surface area (Å²) in [7, 11) is 15.0. The fourth-order valence-electron chi connectivity index (χ4n) is 0.321. The van der Waals surface area contributed by atoms with Crippen LogP contribution in [0.3, 0.4) is 0 Å². The molecule has 0 nitrogen and oxygen atoms in total. The Kier molecular flexibility index (Phi) is 7.73. The monoisotopic (exact) mass is 354 g/mol. The molecule has 1 aromatic carbocycles.